The van der Waals surface area contributed by atoms with Crippen LogP contribution in [-0.2, 0) is 0 Å². The molecule has 0 bridgehead atoms. The van der Waals surface area contributed by atoms with Crippen molar-refractivity contribution in [3.8, 4) is 11.8 Å². The molecule has 0 saturated heterocycles. The lowest BCUT2D eigenvalue weighted by Crippen LogP contribution is -1.88. The van der Waals surface area contributed by atoms with Gasteiger partial charge in [0, 0.05) is 12.3 Å². The summed E-state index contributed by atoms with van der Waals surface area (Å²) in [4.78, 5) is 4.17. The van der Waals surface area contributed by atoms with Crippen LogP contribution in [0.2, 0.25) is 10.0 Å². The molecule has 1 N–H and O–H groups in total. The average molecular weight is 364 g/mol. The molecule has 0 atom stereocenters. The van der Waals surface area contributed by atoms with Crippen LogP contribution in [0.1, 0.15) is 11.3 Å². The molecule has 0 aliphatic rings. The molecule has 0 aliphatic heterocycles. The predicted octanol–water partition coefficient (Wildman–Crippen LogP) is 5.30. The number of fused-ring (bicyclic) bond motifs is 1. The Bertz CT molecular complexity index is 993. The molecule has 0 saturated carbocycles. The van der Waals surface area contributed by atoms with Gasteiger partial charge in [0.05, 0.1) is 21.1 Å². The van der Waals surface area contributed by atoms with E-state index in [-0.39, 0.29) is 15.8 Å². The standard InChI is InChI=1S/C14H7Cl2N5OS/c1-6-7(4-17)13-8(5-18-6)14(23-21-13)20-19-11-2-10(16)12(22)3-9(11)15/h2-3,5,22H,1H3/b20-19+. The van der Waals surface area contributed by atoms with Crippen LogP contribution in [0.25, 0.3) is 10.9 Å². The molecule has 0 aliphatic carbocycles. The van der Waals surface area contributed by atoms with Crippen molar-refractivity contribution in [1.82, 2.24) is 9.36 Å². The van der Waals surface area contributed by atoms with Crippen molar-refractivity contribution < 1.29 is 5.11 Å². The first-order valence-corrected chi connectivity index (χ1v) is 7.79. The number of nitrogens with zero attached hydrogens (tertiary/aromatic N) is 5. The van der Waals surface area contributed by atoms with Gasteiger partial charge in [0.1, 0.15) is 28.6 Å². The monoisotopic (exact) mass is 363 g/mol. The van der Waals surface area contributed by atoms with E-state index in [0.29, 0.717) is 32.8 Å². The van der Waals surface area contributed by atoms with E-state index in [2.05, 4.69) is 25.7 Å². The number of aryl methyl sites for hydroxylation is 1. The minimum absolute atomic E-state index is 0.126. The molecule has 23 heavy (non-hydrogen) atoms. The van der Waals surface area contributed by atoms with Crippen molar-refractivity contribution in [2.24, 2.45) is 10.2 Å². The Balaban J connectivity index is 2.06. The maximum Gasteiger partial charge on any atom is 0.168 e. The summed E-state index contributed by atoms with van der Waals surface area (Å²) >= 11 is 12.9. The van der Waals surface area contributed by atoms with Gasteiger partial charge in [-0.25, -0.2) is 0 Å². The van der Waals surface area contributed by atoms with Crippen molar-refractivity contribution in [2.45, 2.75) is 6.92 Å². The highest BCUT2D eigenvalue weighted by atomic mass is 35.5. The second kappa shape index (κ2) is 6.08. The SMILES string of the molecule is Cc1ncc2c(/N=N/c3cc(Cl)c(O)cc3Cl)snc2c1C#N. The maximum absolute atomic E-state index is 9.47. The van der Waals surface area contributed by atoms with E-state index in [1.165, 1.54) is 12.1 Å². The van der Waals surface area contributed by atoms with Crippen molar-refractivity contribution in [2.75, 3.05) is 0 Å². The molecule has 3 rings (SSSR count). The Labute approximate surface area is 144 Å². The van der Waals surface area contributed by atoms with Crippen molar-refractivity contribution in [1.29, 1.82) is 5.26 Å². The molecular weight excluding hydrogens is 357 g/mol. The molecule has 114 valence electrons. The highest BCUT2D eigenvalue weighted by Gasteiger charge is 2.13. The fourth-order valence-corrected chi connectivity index (χ4v) is 2.94. The molecule has 0 fully saturated rings. The van der Waals surface area contributed by atoms with Crippen LogP contribution in [-0.4, -0.2) is 14.5 Å². The molecule has 2 heterocycles. The minimum Gasteiger partial charge on any atom is -0.506 e. The summed E-state index contributed by atoms with van der Waals surface area (Å²) in [5, 5.41) is 28.3. The molecule has 0 radical (unpaired) electrons. The number of phenols is 1. The Morgan fingerprint density at radius 3 is 2.78 bits per heavy atom. The van der Waals surface area contributed by atoms with Crippen LogP contribution in [0.5, 0.6) is 5.75 Å². The minimum atomic E-state index is -0.128. The van der Waals surface area contributed by atoms with Crippen molar-refractivity contribution >= 4 is 56.3 Å². The number of phenolic OH excluding ortho intramolecular Hbond substituents is 1. The lowest BCUT2D eigenvalue weighted by atomic mass is 10.1. The van der Waals surface area contributed by atoms with E-state index >= 15 is 0 Å². The van der Waals surface area contributed by atoms with Crippen LogP contribution < -0.4 is 0 Å². The van der Waals surface area contributed by atoms with Gasteiger partial charge in [-0.05, 0) is 24.5 Å². The topological polar surface area (TPSA) is 94.5 Å². The third-order valence-corrected chi connectivity index (χ3v) is 4.43. The van der Waals surface area contributed by atoms with Crippen LogP contribution in [0.3, 0.4) is 0 Å². The largest absolute Gasteiger partial charge is 0.506 e. The smallest absolute Gasteiger partial charge is 0.168 e. The molecule has 3 aromatic rings. The Hall–Kier alpha value is -2.27. The van der Waals surface area contributed by atoms with Crippen LogP contribution in [0, 0.1) is 18.3 Å². The zero-order valence-electron chi connectivity index (χ0n) is 11.6. The summed E-state index contributed by atoms with van der Waals surface area (Å²) in [7, 11) is 0. The van der Waals surface area contributed by atoms with Crippen LogP contribution in [0.4, 0.5) is 10.7 Å². The van der Waals surface area contributed by atoms with Gasteiger partial charge in [-0.2, -0.15) is 9.64 Å². The van der Waals surface area contributed by atoms with Gasteiger partial charge in [-0.1, -0.05) is 23.2 Å². The molecule has 0 amide bonds. The third kappa shape index (κ3) is 2.84. The van der Waals surface area contributed by atoms with Gasteiger partial charge in [-0.15, -0.1) is 10.2 Å². The van der Waals surface area contributed by atoms with Crippen LogP contribution in [0.15, 0.2) is 28.6 Å². The predicted molar refractivity (Wildman–Crippen MR) is 89.2 cm³/mol. The molecule has 2 aromatic heterocycles. The highest BCUT2D eigenvalue weighted by Crippen LogP contribution is 2.38. The Morgan fingerprint density at radius 1 is 1.26 bits per heavy atom. The van der Waals surface area contributed by atoms with E-state index in [1.54, 1.807) is 13.1 Å². The molecule has 0 spiro atoms. The molecule has 0 unspecified atom stereocenters. The van der Waals surface area contributed by atoms with E-state index in [1.807, 2.05) is 0 Å². The molecule has 9 heteroatoms. The normalized spacial score (nSPS) is 11.2. The van der Waals surface area contributed by atoms with E-state index < -0.39 is 0 Å². The number of rotatable bonds is 2. The number of pyridine rings is 1. The second-order valence-corrected chi connectivity index (χ2v) is 6.10. The fourth-order valence-electron chi connectivity index (χ4n) is 1.89. The average Bonchev–Trinajstić information content (AvgIpc) is 2.92. The Kier molecular flexibility index (Phi) is 4.13. The van der Waals surface area contributed by atoms with Gasteiger partial charge < -0.3 is 5.11 Å². The number of azo groups is 1. The number of benzene rings is 1. The number of hydrogen-bond donors (Lipinski definition) is 1. The third-order valence-electron chi connectivity index (χ3n) is 3.07. The Morgan fingerprint density at radius 2 is 2.04 bits per heavy atom. The summed E-state index contributed by atoms with van der Waals surface area (Å²) in [6.07, 6.45) is 1.61. The van der Waals surface area contributed by atoms with Gasteiger partial charge in [0.2, 0.25) is 0 Å². The quantitative estimate of drug-likeness (QED) is 0.624. The van der Waals surface area contributed by atoms with Crippen molar-refractivity contribution in [3.05, 3.63) is 39.6 Å². The van der Waals surface area contributed by atoms with Crippen molar-refractivity contribution in [3.63, 3.8) is 0 Å². The first-order chi connectivity index (χ1) is 11.0. The zero-order chi connectivity index (χ0) is 16.6. The lowest BCUT2D eigenvalue weighted by Gasteiger charge is -2.00. The summed E-state index contributed by atoms with van der Waals surface area (Å²) in [5.74, 6) is -0.128. The highest BCUT2D eigenvalue weighted by molar-refractivity contribution is 7.11. The number of nitriles is 1. The molecular formula is C14H7Cl2N5OS. The van der Waals surface area contributed by atoms with Crippen LogP contribution >= 0.6 is 34.7 Å². The first-order valence-electron chi connectivity index (χ1n) is 6.26. The number of aromatic hydroxyl groups is 1. The summed E-state index contributed by atoms with van der Waals surface area (Å²) in [6.45, 7) is 1.75. The van der Waals surface area contributed by atoms with Gasteiger partial charge >= 0.3 is 0 Å². The second-order valence-electron chi connectivity index (χ2n) is 4.54. The maximum atomic E-state index is 9.47. The van der Waals surface area contributed by atoms with Gasteiger partial charge in [0.15, 0.2) is 5.00 Å². The molecule has 1 aromatic carbocycles. The number of hydrogen-bond acceptors (Lipinski definition) is 7. The number of halogens is 2. The fraction of sp³-hybridized carbons (Fsp3) is 0.0714. The summed E-state index contributed by atoms with van der Waals surface area (Å²) < 4.78 is 4.24. The molecule has 6 nitrogen and oxygen atoms in total. The first kappa shape index (κ1) is 15.6. The lowest BCUT2D eigenvalue weighted by molar-refractivity contribution is 0.475. The van der Waals surface area contributed by atoms with E-state index in [9.17, 15) is 10.4 Å². The summed E-state index contributed by atoms with van der Waals surface area (Å²) in [6, 6.07) is 4.80. The zero-order valence-corrected chi connectivity index (χ0v) is 13.9. The van der Waals surface area contributed by atoms with E-state index in [4.69, 9.17) is 23.2 Å². The van der Waals surface area contributed by atoms with Gasteiger partial charge in [-0.3, -0.25) is 4.98 Å². The van der Waals surface area contributed by atoms with Gasteiger partial charge in [0.25, 0.3) is 0 Å². The number of aromatic nitrogens is 2. The van der Waals surface area contributed by atoms with E-state index in [0.717, 1.165) is 11.5 Å². The summed E-state index contributed by atoms with van der Waals surface area (Å²) in [5.41, 5.74) is 1.90.